The number of furan rings is 1. The van der Waals surface area contributed by atoms with Crippen LogP contribution in [0.3, 0.4) is 0 Å². The second-order valence-corrected chi connectivity index (χ2v) is 5.57. The number of fused-ring (bicyclic) bond motifs is 3. The van der Waals surface area contributed by atoms with E-state index in [1.165, 1.54) is 6.92 Å². The molecule has 0 saturated carbocycles. The van der Waals surface area contributed by atoms with Crippen molar-refractivity contribution in [1.82, 2.24) is 0 Å². The van der Waals surface area contributed by atoms with Crippen molar-refractivity contribution in [1.29, 1.82) is 0 Å². The highest BCUT2D eigenvalue weighted by atomic mass is 16.3. The summed E-state index contributed by atoms with van der Waals surface area (Å²) in [6, 6.07) is 22.1. The Kier molecular flexibility index (Phi) is 3.12. The first-order chi connectivity index (χ1) is 11.2. The molecular formula is C20H15NO2. The first kappa shape index (κ1) is 13.6. The molecule has 23 heavy (non-hydrogen) atoms. The van der Waals surface area contributed by atoms with Gasteiger partial charge in [-0.05, 0) is 41.5 Å². The van der Waals surface area contributed by atoms with Crippen LogP contribution in [0.2, 0.25) is 0 Å². The molecule has 4 aromatic rings. The molecule has 0 spiro atoms. The molecule has 4 rings (SSSR count). The van der Waals surface area contributed by atoms with Crippen molar-refractivity contribution in [2.24, 2.45) is 0 Å². The van der Waals surface area contributed by atoms with Gasteiger partial charge in [-0.3, -0.25) is 4.79 Å². The van der Waals surface area contributed by atoms with E-state index >= 15 is 0 Å². The van der Waals surface area contributed by atoms with Crippen molar-refractivity contribution in [3.63, 3.8) is 0 Å². The molecule has 3 heteroatoms. The number of rotatable bonds is 2. The van der Waals surface area contributed by atoms with E-state index in [9.17, 15) is 4.79 Å². The molecule has 3 nitrogen and oxygen atoms in total. The molecular weight excluding hydrogens is 286 g/mol. The van der Waals surface area contributed by atoms with E-state index in [1.54, 1.807) is 0 Å². The number of carbonyl (C=O) groups excluding carboxylic acids is 1. The van der Waals surface area contributed by atoms with E-state index < -0.39 is 0 Å². The SMILES string of the molecule is CC(=O)Nc1ccc(-c2ccc3oc4ccccc4c3c2)cc1. The molecule has 0 aliphatic heterocycles. The maximum Gasteiger partial charge on any atom is 0.221 e. The summed E-state index contributed by atoms with van der Waals surface area (Å²) in [5.41, 5.74) is 4.83. The monoisotopic (exact) mass is 301 g/mol. The van der Waals surface area contributed by atoms with Crippen LogP contribution in [0, 0.1) is 0 Å². The van der Waals surface area contributed by atoms with Crippen LogP contribution in [-0.4, -0.2) is 5.91 Å². The van der Waals surface area contributed by atoms with E-state index in [4.69, 9.17) is 4.42 Å². The number of amides is 1. The largest absolute Gasteiger partial charge is 0.456 e. The van der Waals surface area contributed by atoms with Crippen molar-refractivity contribution in [2.75, 3.05) is 5.32 Å². The fraction of sp³-hybridized carbons (Fsp3) is 0.0500. The van der Waals surface area contributed by atoms with Gasteiger partial charge in [-0.1, -0.05) is 36.4 Å². The molecule has 1 aromatic heterocycles. The number of para-hydroxylation sites is 1. The van der Waals surface area contributed by atoms with E-state index in [-0.39, 0.29) is 5.91 Å². The molecule has 0 saturated heterocycles. The third kappa shape index (κ3) is 2.46. The quantitative estimate of drug-likeness (QED) is 0.552. The van der Waals surface area contributed by atoms with Gasteiger partial charge in [0.25, 0.3) is 0 Å². The van der Waals surface area contributed by atoms with Crippen LogP contribution in [0.25, 0.3) is 33.1 Å². The van der Waals surface area contributed by atoms with Gasteiger partial charge in [-0.2, -0.15) is 0 Å². The van der Waals surface area contributed by atoms with Gasteiger partial charge in [0.15, 0.2) is 0 Å². The van der Waals surface area contributed by atoms with E-state index in [0.717, 1.165) is 38.8 Å². The molecule has 0 radical (unpaired) electrons. The van der Waals surface area contributed by atoms with Gasteiger partial charge in [-0.25, -0.2) is 0 Å². The lowest BCUT2D eigenvalue weighted by atomic mass is 10.0. The second-order valence-electron chi connectivity index (χ2n) is 5.57. The summed E-state index contributed by atoms with van der Waals surface area (Å²) in [5, 5.41) is 5.02. The normalized spacial score (nSPS) is 11.0. The van der Waals surface area contributed by atoms with Gasteiger partial charge < -0.3 is 9.73 Å². The van der Waals surface area contributed by atoms with Crippen LogP contribution >= 0.6 is 0 Å². The van der Waals surface area contributed by atoms with Gasteiger partial charge in [0, 0.05) is 23.4 Å². The van der Waals surface area contributed by atoms with Crippen molar-refractivity contribution >= 4 is 33.5 Å². The lowest BCUT2D eigenvalue weighted by Crippen LogP contribution is -2.05. The van der Waals surface area contributed by atoms with Gasteiger partial charge >= 0.3 is 0 Å². The minimum atomic E-state index is -0.0657. The number of hydrogen-bond acceptors (Lipinski definition) is 2. The number of benzene rings is 3. The predicted molar refractivity (Wildman–Crippen MR) is 93.5 cm³/mol. The van der Waals surface area contributed by atoms with E-state index in [0.29, 0.717) is 0 Å². The first-order valence-electron chi connectivity index (χ1n) is 7.50. The average molecular weight is 301 g/mol. The Morgan fingerprint density at radius 2 is 1.52 bits per heavy atom. The van der Waals surface area contributed by atoms with Gasteiger partial charge in [-0.15, -0.1) is 0 Å². The van der Waals surface area contributed by atoms with Crippen molar-refractivity contribution < 1.29 is 9.21 Å². The van der Waals surface area contributed by atoms with Crippen molar-refractivity contribution in [3.05, 3.63) is 66.7 Å². The fourth-order valence-electron chi connectivity index (χ4n) is 2.85. The van der Waals surface area contributed by atoms with E-state index in [1.807, 2.05) is 48.5 Å². The molecule has 0 unspecified atom stereocenters. The zero-order valence-electron chi connectivity index (χ0n) is 12.7. The zero-order chi connectivity index (χ0) is 15.8. The van der Waals surface area contributed by atoms with Gasteiger partial charge in [0.1, 0.15) is 11.2 Å². The minimum Gasteiger partial charge on any atom is -0.456 e. The Morgan fingerprint density at radius 3 is 2.30 bits per heavy atom. The molecule has 3 aromatic carbocycles. The number of carbonyl (C=O) groups is 1. The standard InChI is InChI=1S/C20H15NO2/c1-13(22)21-16-9-6-14(7-10-16)15-8-11-20-18(12-15)17-4-2-3-5-19(17)23-20/h2-12H,1H3,(H,21,22). The summed E-state index contributed by atoms with van der Waals surface area (Å²) in [7, 11) is 0. The maximum atomic E-state index is 11.1. The summed E-state index contributed by atoms with van der Waals surface area (Å²) < 4.78 is 5.86. The lowest BCUT2D eigenvalue weighted by molar-refractivity contribution is -0.114. The molecule has 0 aliphatic carbocycles. The summed E-state index contributed by atoms with van der Waals surface area (Å²) in [6.07, 6.45) is 0. The fourth-order valence-corrected chi connectivity index (χ4v) is 2.85. The number of nitrogens with one attached hydrogen (secondary N) is 1. The maximum absolute atomic E-state index is 11.1. The smallest absolute Gasteiger partial charge is 0.221 e. The predicted octanol–water partition coefficient (Wildman–Crippen LogP) is 5.21. The Hall–Kier alpha value is -3.07. The van der Waals surface area contributed by atoms with Crippen LogP contribution in [0.1, 0.15) is 6.92 Å². The molecule has 0 fully saturated rings. The van der Waals surface area contributed by atoms with Gasteiger partial charge in [0.2, 0.25) is 5.91 Å². The third-order valence-electron chi connectivity index (χ3n) is 3.92. The van der Waals surface area contributed by atoms with Crippen molar-refractivity contribution in [3.8, 4) is 11.1 Å². The van der Waals surface area contributed by atoms with Crippen LogP contribution in [0.15, 0.2) is 71.1 Å². The third-order valence-corrected chi connectivity index (χ3v) is 3.92. The second kappa shape index (κ2) is 5.29. The summed E-state index contributed by atoms with van der Waals surface area (Å²) in [6.45, 7) is 1.51. The lowest BCUT2D eigenvalue weighted by Gasteiger charge is -2.05. The first-order valence-corrected chi connectivity index (χ1v) is 7.50. The van der Waals surface area contributed by atoms with Crippen molar-refractivity contribution in [2.45, 2.75) is 6.92 Å². The van der Waals surface area contributed by atoms with Gasteiger partial charge in [0.05, 0.1) is 0 Å². The summed E-state index contributed by atoms with van der Waals surface area (Å²) in [4.78, 5) is 11.1. The molecule has 0 atom stereocenters. The molecule has 112 valence electrons. The van der Waals surface area contributed by atoms with Crippen LogP contribution in [0.5, 0.6) is 0 Å². The van der Waals surface area contributed by atoms with Crippen LogP contribution < -0.4 is 5.32 Å². The highest BCUT2D eigenvalue weighted by Gasteiger charge is 2.08. The van der Waals surface area contributed by atoms with Crippen LogP contribution in [0.4, 0.5) is 5.69 Å². The van der Waals surface area contributed by atoms with Crippen LogP contribution in [-0.2, 0) is 4.79 Å². The molecule has 0 bridgehead atoms. The zero-order valence-corrected chi connectivity index (χ0v) is 12.7. The summed E-state index contributed by atoms with van der Waals surface area (Å²) >= 11 is 0. The Labute approximate surface area is 133 Å². The number of hydrogen-bond donors (Lipinski definition) is 1. The average Bonchev–Trinajstić information content (AvgIpc) is 2.93. The topological polar surface area (TPSA) is 42.2 Å². The Bertz CT molecular complexity index is 1010. The Balaban J connectivity index is 1.79. The molecule has 1 heterocycles. The summed E-state index contributed by atoms with van der Waals surface area (Å²) in [5.74, 6) is -0.0657. The highest BCUT2D eigenvalue weighted by molar-refractivity contribution is 6.06. The molecule has 1 N–H and O–H groups in total. The highest BCUT2D eigenvalue weighted by Crippen LogP contribution is 2.32. The minimum absolute atomic E-state index is 0.0657. The number of anilines is 1. The Morgan fingerprint density at radius 1 is 0.826 bits per heavy atom. The molecule has 1 amide bonds. The molecule has 0 aliphatic rings. The van der Waals surface area contributed by atoms with E-state index in [2.05, 4.69) is 23.5 Å².